The minimum atomic E-state index is 0.0394. The van der Waals surface area contributed by atoms with Gasteiger partial charge >= 0.3 is 0 Å². The molecule has 96 valence electrons. The summed E-state index contributed by atoms with van der Waals surface area (Å²) in [5, 5.41) is 4.33. The molecule has 2 rings (SSSR count). The SMILES string of the molecule is Cc1cc2c(N(C)CC(=O)N(C)C)nccn2n1. The summed E-state index contributed by atoms with van der Waals surface area (Å²) in [6, 6.07) is 1.96. The number of anilines is 1. The molecule has 18 heavy (non-hydrogen) atoms. The molecular formula is C12H17N5O. The second-order valence-corrected chi connectivity index (χ2v) is 4.51. The van der Waals surface area contributed by atoms with Crippen LogP contribution in [-0.4, -0.2) is 53.1 Å². The number of amides is 1. The van der Waals surface area contributed by atoms with Crippen molar-refractivity contribution in [3.05, 3.63) is 24.2 Å². The van der Waals surface area contributed by atoms with Crippen LogP contribution in [0.1, 0.15) is 5.69 Å². The maximum atomic E-state index is 11.7. The first-order valence-corrected chi connectivity index (χ1v) is 5.71. The molecule has 0 aliphatic heterocycles. The summed E-state index contributed by atoms with van der Waals surface area (Å²) < 4.78 is 1.77. The van der Waals surface area contributed by atoms with Gasteiger partial charge in [0.2, 0.25) is 5.91 Å². The molecule has 6 nitrogen and oxygen atoms in total. The summed E-state index contributed by atoms with van der Waals surface area (Å²) >= 11 is 0. The molecule has 2 aromatic heterocycles. The van der Waals surface area contributed by atoms with Crippen LogP contribution in [0.4, 0.5) is 5.82 Å². The van der Waals surface area contributed by atoms with Crippen LogP contribution in [0.25, 0.3) is 5.52 Å². The molecule has 6 heteroatoms. The molecule has 0 saturated carbocycles. The minimum Gasteiger partial charge on any atom is -0.349 e. The Morgan fingerprint density at radius 3 is 2.78 bits per heavy atom. The van der Waals surface area contributed by atoms with Gasteiger partial charge in [-0.05, 0) is 13.0 Å². The van der Waals surface area contributed by atoms with Crippen LogP contribution < -0.4 is 4.90 Å². The quantitative estimate of drug-likeness (QED) is 0.795. The Hall–Kier alpha value is -2.11. The predicted molar refractivity (Wildman–Crippen MR) is 69.7 cm³/mol. The van der Waals surface area contributed by atoms with Crippen LogP contribution in [0, 0.1) is 6.92 Å². The Balaban J connectivity index is 2.32. The van der Waals surface area contributed by atoms with Crippen molar-refractivity contribution in [1.29, 1.82) is 0 Å². The van der Waals surface area contributed by atoms with E-state index in [2.05, 4.69) is 10.1 Å². The van der Waals surface area contributed by atoms with Gasteiger partial charge < -0.3 is 9.80 Å². The fourth-order valence-corrected chi connectivity index (χ4v) is 1.74. The van der Waals surface area contributed by atoms with Crippen molar-refractivity contribution >= 4 is 17.2 Å². The van der Waals surface area contributed by atoms with Crippen molar-refractivity contribution in [3.63, 3.8) is 0 Å². The second-order valence-electron chi connectivity index (χ2n) is 4.51. The molecule has 0 aromatic carbocycles. The normalized spacial score (nSPS) is 10.7. The minimum absolute atomic E-state index is 0.0394. The number of aromatic nitrogens is 3. The Morgan fingerprint density at radius 1 is 1.39 bits per heavy atom. The lowest BCUT2D eigenvalue weighted by Gasteiger charge is -2.20. The molecule has 0 atom stereocenters. The maximum Gasteiger partial charge on any atom is 0.241 e. The van der Waals surface area contributed by atoms with Crippen molar-refractivity contribution in [2.24, 2.45) is 0 Å². The first-order chi connectivity index (χ1) is 8.49. The average molecular weight is 247 g/mol. The summed E-state index contributed by atoms with van der Waals surface area (Å²) in [5.41, 5.74) is 1.83. The summed E-state index contributed by atoms with van der Waals surface area (Å²) in [5.74, 6) is 0.797. The van der Waals surface area contributed by atoms with Gasteiger partial charge in [-0.15, -0.1) is 0 Å². The van der Waals surface area contributed by atoms with E-state index >= 15 is 0 Å². The summed E-state index contributed by atoms with van der Waals surface area (Å²) in [6.07, 6.45) is 3.48. The van der Waals surface area contributed by atoms with E-state index in [1.807, 2.05) is 24.9 Å². The number of rotatable bonds is 3. The molecule has 2 heterocycles. The summed E-state index contributed by atoms with van der Waals surface area (Å²) in [7, 11) is 5.34. The highest BCUT2D eigenvalue weighted by atomic mass is 16.2. The topological polar surface area (TPSA) is 53.7 Å². The van der Waals surface area contributed by atoms with Gasteiger partial charge in [0.1, 0.15) is 5.52 Å². The fourth-order valence-electron chi connectivity index (χ4n) is 1.74. The second kappa shape index (κ2) is 4.64. The number of aryl methyl sites for hydroxylation is 1. The van der Waals surface area contributed by atoms with Crippen LogP contribution in [0.15, 0.2) is 18.5 Å². The van der Waals surface area contributed by atoms with Crippen LogP contribution in [-0.2, 0) is 4.79 Å². The molecule has 0 radical (unpaired) electrons. The zero-order valence-corrected chi connectivity index (χ0v) is 11.1. The van der Waals surface area contributed by atoms with Crippen molar-refractivity contribution in [2.75, 3.05) is 32.6 Å². The molecule has 0 aliphatic rings. The third-order valence-corrected chi connectivity index (χ3v) is 2.72. The largest absolute Gasteiger partial charge is 0.349 e. The van der Waals surface area contributed by atoms with E-state index < -0.39 is 0 Å². The lowest BCUT2D eigenvalue weighted by atomic mass is 10.3. The van der Waals surface area contributed by atoms with Crippen molar-refractivity contribution in [1.82, 2.24) is 19.5 Å². The van der Waals surface area contributed by atoms with E-state index in [4.69, 9.17) is 0 Å². The van der Waals surface area contributed by atoms with E-state index in [9.17, 15) is 4.79 Å². The van der Waals surface area contributed by atoms with E-state index in [-0.39, 0.29) is 5.91 Å². The van der Waals surface area contributed by atoms with Gasteiger partial charge in [0.15, 0.2) is 5.82 Å². The summed E-state index contributed by atoms with van der Waals surface area (Å²) in [4.78, 5) is 19.4. The van der Waals surface area contributed by atoms with E-state index in [1.54, 1.807) is 35.9 Å². The van der Waals surface area contributed by atoms with Gasteiger partial charge in [0.25, 0.3) is 0 Å². The number of nitrogens with zero attached hydrogens (tertiary/aromatic N) is 5. The fraction of sp³-hybridized carbons (Fsp3) is 0.417. The third kappa shape index (κ3) is 2.27. The number of likely N-dealkylation sites (N-methyl/N-ethyl adjacent to an activating group) is 2. The van der Waals surface area contributed by atoms with Crippen LogP contribution >= 0.6 is 0 Å². The molecule has 0 aliphatic carbocycles. The molecule has 0 unspecified atom stereocenters. The van der Waals surface area contributed by atoms with Crippen LogP contribution in [0.5, 0.6) is 0 Å². The smallest absolute Gasteiger partial charge is 0.241 e. The highest BCUT2D eigenvalue weighted by Gasteiger charge is 2.13. The summed E-state index contributed by atoms with van der Waals surface area (Å²) in [6.45, 7) is 2.23. The third-order valence-electron chi connectivity index (χ3n) is 2.72. The van der Waals surface area contributed by atoms with E-state index in [1.165, 1.54) is 0 Å². The Morgan fingerprint density at radius 2 is 2.11 bits per heavy atom. The first-order valence-electron chi connectivity index (χ1n) is 5.71. The molecule has 0 spiro atoms. The van der Waals surface area contributed by atoms with Crippen molar-refractivity contribution < 1.29 is 4.79 Å². The molecule has 0 N–H and O–H groups in total. The monoisotopic (exact) mass is 247 g/mol. The number of carbonyl (C=O) groups is 1. The van der Waals surface area contributed by atoms with Gasteiger partial charge in [-0.25, -0.2) is 9.50 Å². The zero-order chi connectivity index (χ0) is 13.3. The molecular weight excluding hydrogens is 230 g/mol. The van der Waals surface area contributed by atoms with Crippen LogP contribution in [0.2, 0.25) is 0 Å². The highest BCUT2D eigenvalue weighted by molar-refractivity contribution is 5.82. The molecule has 0 bridgehead atoms. The van der Waals surface area contributed by atoms with E-state index in [0.29, 0.717) is 6.54 Å². The first kappa shape index (κ1) is 12.3. The van der Waals surface area contributed by atoms with Gasteiger partial charge in [-0.2, -0.15) is 5.10 Å². The lowest BCUT2D eigenvalue weighted by Crippen LogP contribution is -2.34. The molecule has 1 amide bonds. The van der Waals surface area contributed by atoms with Gasteiger partial charge in [0.05, 0.1) is 12.2 Å². The van der Waals surface area contributed by atoms with E-state index in [0.717, 1.165) is 17.0 Å². The van der Waals surface area contributed by atoms with Crippen LogP contribution in [0.3, 0.4) is 0 Å². The highest BCUT2D eigenvalue weighted by Crippen LogP contribution is 2.17. The Kier molecular flexibility index (Phi) is 3.18. The Bertz CT molecular complexity index is 575. The Labute approximate surface area is 106 Å². The molecule has 2 aromatic rings. The maximum absolute atomic E-state index is 11.7. The number of hydrogen-bond acceptors (Lipinski definition) is 4. The molecule has 0 fully saturated rings. The number of hydrogen-bond donors (Lipinski definition) is 0. The van der Waals surface area contributed by atoms with Gasteiger partial charge in [-0.3, -0.25) is 4.79 Å². The van der Waals surface area contributed by atoms with Crippen molar-refractivity contribution in [3.8, 4) is 0 Å². The zero-order valence-electron chi connectivity index (χ0n) is 11.1. The lowest BCUT2D eigenvalue weighted by molar-refractivity contribution is -0.127. The predicted octanol–water partition coefficient (Wildman–Crippen LogP) is 0.562. The van der Waals surface area contributed by atoms with Gasteiger partial charge in [-0.1, -0.05) is 0 Å². The van der Waals surface area contributed by atoms with Crippen molar-refractivity contribution in [2.45, 2.75) is 6.92 Å². The number of carbonyl (C=O) groups excluding carboxylic acids is 1. The number of fused-ring (bicyclic) bond motifs is 1. The molecule has 0 saturated heterocycles. The average Bonchev–Trinajstić information content (AvgIpc) is 2.68. The van der Waals surface area contributed by atoms with Gasteiger partial charge in [0, 0.05) is 33.5 Å². The standard InChI is InChI=1S/C12H17N5O/c1-9-7-10-12(13-5-6-17(10)14-9)16(4)8-11(18)15(2)3/h5-7H,8H2,1-4H3.